The van der Waals surface area contributed by atoms with Gasteiger partial charge in [-0.3, -0.25) is 4.79 Å². The van der Waals surface area contributed by atoms with E-state index in [0.717, 1.165) is 5.75 Å². The number of nitrogens with zero attached hydrogens (tertiary/aromatic N) is 1. The number of thioether (sulfide) groups is 1. The predicted octanol–water partition coefficient (Wildman–Crippen LogP) is 1.58. The van der Waals surface area contributed by atoms with Crippen molar-refractivity contribution in [1.82, 2.24) is 10.3 Å². The summed E-state index contributed by atoms with van der Waals surface area (Å²) < 4.78 is 0. The zero-order chi connectivity index (χ0) is 12.7. The first-order valence-electron chi connectivity index (χ1n) is 5.20. The number of carbonyl (C=O) groups excluding carboxylic acids is 1. The molecule has 0 radical (unpaired) electrons. The van der Waals surface area contributed by atoms with E-state index in [1.165, 1.54) is 6.20 Å². The van der Waals surface area contributed by atoms with E-state index in [0.29, 0.717) is 12.0 Å². The number of nitrogens with one attached hydrogen (secondary N) is 1. The normalized spacial score (nSPS) is 12.2. The third-order valence-corrected chi connectivity index (χ3v) is 3.22. The van der Waals surface area contributed by atoms with Crippen LogP contribution in [-0.4, -0.2) is 40.7 Å². The lowest BCUT2D eigenvalue weighted by Gasteiger charge is -2.16. The number of pyridine rings is 1. The van der Waals surface area contributed by atoms with Gasteiger partial charge in [-0.2, -0.15) is 11.8 Å². The van der Waals surface area contributed by atoms with E-state index in [1.54, 1.807) is 23.9 Å². The largest absolute Gasteiger partial charge is 0.396 e. The van der Waals surface area contributed by atoms with Crippen LogP contribution >= 0.6 is 23.4 Å². The molecule has 1 rings (SSSR count). The molecule has 1 amide bonds. The predicted molar refractivity (Wildman–Crippen MR) is 70.6 cm³/mol. The molecule has 17 heavy (non-hydrogen) atoms. The highest BCUT2D eigenvalue weighted by atomic mass is 35.5. The molecule has 0 aromatic carbocycles. The number of aromatic nitrogens is 1. The minimum Gasteiger partial charge on any atom is -0.396 e. The van der Waals surface area contributed by atoms with E-state index in [2.05, 4.69) is 10.3 Å². The van der Waals surface area contributed by atoms with Gasteiger partial charge in [-0.15, -0.1) is 0 Å². The van der Waals surface area contributed by atoms with Crippen molar-refractivity contribution >= 4 is 29.3 Å². The lowest BCUT2D eigenvalue weighted by molar-refractivity contribution is 0.0935. The molecule has 1 unspecified atom stereocenters. The number of amides is 1. The van der Waals surface area contributed by atoms with Crippen molar-refractivity contribution in [3.05, 3.63) is 29.0 Å². The standard InChI is InChI=1S/C11H15ClN2O2S/c1-17-7-8(4-6-15)14-11(16)9-3-2-5-13-10(9)12/h2-3,5,8,15H,4,6-7H2,1H3,(H,14,16). The van der Waals surface area contributed by atoms with Gasteiger partial charge < -0.3 is 10.4 Å². The summed E-state index contributed by atoms with van der Waals surface area (Å²) in [7, 11) is 0. The van der Waals surface area contributed by atoms with Gasteiger partial charge in [-0.25, -0.2) is 4.98 Å². The Morgan fingerprint density at radius 2 is 2.47 bits per heavy atom. The molecule has 0 bridgehead atoms. The molecule has 1 atom stereocenters. The van der Waals surface area contributed by atoms with E-state index in [9.17, 15) is 4.79 Å². The molecule has 1 aromatic heterocycles. The van der Waals surface area contributed by atoms with Gasteiger partial charge in [0.15, 0.2) is 0 Å². The highest BCUT2D eigenvalue weighted by molar-refractivity contribution is 7.98. The minimum atomic E-state index is -0.254. The lowest BCUT2D eigenvalue weighted by Crippen LogP contribution is -2.37. The van der Waals surface area contributed by atoms with Crippen molar-refractivity contribution in [3.63, 3.8) is 0 Å². The smallest absolute Gasteiger partial charge is 0.254 e. The van der Waals surface area contributed by atoms with Crippen LogP contribution in [0.5, 0.6) is 0 Å². The zero-order valence-electron chi connectivity index (χ0n) is 9.52. The number of aliphatic hydroxyl groups is 1. The van der Waals surface area contributed by atoms with E-state index in [1.807, 2.05) is 6.26 Å². The summed E-state index contributed by atoms with van der Waals surface area (Å²) in [6, 6.07) is 3.23. The van der Waals surface area contributed by atoms with E-state index < -0.39 is 0 Å². The molecule has 0 spiro atoms. The summed E-state index contributed by atoms with van der Waals surface area (Å²) in [6.07, 6.45) is 4.02. The van der Waals surface area contributed by atoms with Gasteiger partial charge in [-0.1, -0.05) is 11.6 Å². The van der Waals surface area contributed by atoms with Crippen molar-refractivity contribution in [2.24, 2.45) is 0 Å². The van der Waals surface area contributed by atoms with Gasteiger partial charge in [0.2, 0.25) is 0 Å². The van der Waals surface area contributed by atoms with Crippen LogP contribution in [-0.2, 0) is 0 Å². The average Bonchev–Trinajstić information content (AvgIpc) is 2.30. The molecule has 6 heteroatoms. The van der Waals surface area contributed by atoms with Gasteiger partial charge in [0, 0.05) is 24.6 Å². The zero-order valence-corrected chi connectivity index (χ0v) is 11.1. The maximum Gasteiger partial charge on any atom is 0.254 e. The molecule has 0 fully saturated rings. The molecule has 0 aliphatic rings. The van der Waals surface area contributed by atoms with Crippen molar-refractivity contribution in [2.45, 2.75) is 12.5 Å². The Labute approximate surface area is 110 Å². The Bertz CT molecular complexity index is 370. The Morgan fingerprint density at radius 3 is 3.06 bits per heavy atom. The second-order valence-electron chi connectivity index (χ2n) is 3.48. The van der Waals surface area contributed by atoms with Crippen molar-refractivity contribution in [2.75, 3.05) is 18.6 Å². The average molecular weight is 275 g/mol. The van der Waals surface area contributed by atoms with Crippen molar-refractivity contribution in [1.29, 1.82) is 0 Å². The number of rotatable bonds is 6. The van der Waals surface area contributed by atoms with Gasteiger partial charge in [0.05, 0.1) is 5.56 Å². The summed E-state index contributed by atoms with van der Waals surface area (Å²) >= 11 is 7.45. The van der Waals surface area contributed by atoms with Crippen molar-refractivity contribution < 1.29 is 9.90 Å². The first kappa shape index (κ1) is 14.3. The second-order valence-corrected chi connectivity index (χ2v) is 4.75. The molecule has 1 aromatic rings. The second kappa shape index (κ2) is 7.53. The third kappa shape index (κ3) is 4.53. The van der Waals surface area contributed by atoms with E-state index in [4.69, 9.17) is 16.7 Å². The highest BCUT2D eigenvalue weighted by Gasteiger charge is 2.15. The van der Waals surface area contributed by atoms with Gasteiger partial charge in [0.25, 0.3) is 5.91 Å². The molecule has 0 saturated heterocycles. The quantitative estimate of drug-likeness (QED) is 0.773. The molecule has 0 aliphatic heterocycles. The number of hydrogen-bond donors (Lipinski definition) is 2. The fourth-order valence-corrected chi connectivity index (χ4v) is 2.23. The molecule has 0 aliphatic carbocycles. The van der Waals surface area contributed by atoms with Crippen LogP contribution in [0.4, 0.5) is 0 Å². The molecule has 4 nitrogen and oxygen atoms in total. The fraction of sp³-hybridized carbons (Fsp3) is 0.455. The molecule has 1 heterocycles. The summed E-state index contributed by atoms with van der Waals surface area (Å²) in [4.78, 5) is 15.7. The summed E-state index contributed by atoms with van der Waals surface area (Å²) in [5, 5.41) is 11.9. The van der Waals surface area contributed by atoms with Crippen LogP contribution in [0.25, 0.3) is 0 Å². The maximum absolute atomic E-state index is 11.9. The van der Waals surface area contributed by atoms with Crippen LogP contribution in [0.2, 0.25) is 5.15 Å². The SMILES string of the molecule is CSCC(CCO)NC(=O)c1cccnc1Cl. The number of halogens is 1. The topological polar surface area (TPSA) is 62.2 Å². The van der Waals surface area contributed by atoms with Gasteiger partial charge in [-0.05, 0) is 24.8 Å². The van der Waals surface area contributed by atoms with E-state index in [-0.39, 0.29) is 23.7 Å². The Balaban J connectivity index is 2.67. The lowest BCUT2D eigenvalue weighted by atomic mass is 10.2. The maximum atomic E-state index is 11.9. The minimum absolute atomic E-state index is 0.0479. The fourth-order valence-electron chi connectivity index (χ4n) is 1.37. The first-order valence-corrected chi connectivity index (χ1v) is 6.97. The van der Waals surface area contributed by atoms with E-state index >= 15 is 0 Å². The Morgan fingerprint density at radius 1 is 1.71 bits per heavy atom. The number of hydrogen-bond acceptors (Lipinski definition) is 4. The van der Waals surface area contributed by atoms with Gasteiger partial charge >= 0.3 is 0 Å². The van der Waals surface area contributed by atoms with Crippen LogP contribution in [0.3, 0.4) is 0 Å². The summed E-state index contributed by atoms with van der Waals surface area (Å²) in [5.41, 5.74) is 0.359. The molecular weight excluding hydrogens is 260 g/mol. The molecule has 2 N–H and O–H groups in total. The monoisotopic (exact) mass is 274 g/mol. The Kier molecular flexibility index (Phi) is 6.32. The highest BCUT2D eigenvalue weighted by Crippen LogP contribution is 2.12. The van der Waals surface area contributed by atoms with Crippen LogP contribution in [0, 0.1) is 0 Å². The number of aliphatic hydroxyl groups excluding tert-OH is 1. The summed E-state index contributed by atoms with van der Waals surface area (Å²) in [6.45, 7) is 0.0479. The number of carbonyl (C=O) groups is 1. The summed E-state index contributed by atoms with van der Waals surface area (Å²) in [5.74, 6) is 0.500. The van der Waals surface area contributed by atoms with Crippen LogP contribution < -0.4 is 5.32 Å². The first-order chi connectivity index (χ1) is 8.19. The molecule has 0 saturated carbocycles. The molecular formula is C11H15ClN2O2S. The molecule has 94 valence electrons. The van der Waals surface area contributed by atoms with Gasteiger partial charge in [0.1, 0.15) is 5.15 Å². The third-order valence-electron chi connectivity index (χ3n) is 2.18. The van der Waals surface area contributed by atoms with Crippen LogP contribution in [0.1, 0.15) is 16.8 Å². The van der Waals surface area contributed by atoms with Crippen LogP contribution in [0.15, 0.2) is 18.3 Å². The van der Waals surface area contributed by atoms with Crippen molar-refractivity contribution in [3.8, 4) is 0 Å². The Hall–Kier alpha value is -0.780.